The predicted octanol–water partition coefficient (Wildman–Crippen LogP) is 6.67. The van der Waals surface area contributed by atoms with E-state index in [-0.39, 0.29) is 0 Å². The second-order valence-corrected chi connectivity index (χ2v) is 10.1. The second-order valence-electron chi connectivity index (χ2n) is 9.14. The van der Waals surface area contributed by atoms with Crippen LogP contribution in [0.25, 0.3) is 11.0 Å². The van der Waals surface area contributed by atoms with Crippen LogP contribution in [0.3, 0.4) is 0 Å². The van der Waals surface area contributed by atoms with Crippen molar-refractivity contribution in [2.45, 2.75) is 57.3 Å². The van der Waals surface area contributed by atoms with Crippen LogP contribution < -0.4 is 0 Å². The summed E-state index contributed by atoms with van der Waals surface area (Å²) < 4.78 is 43.2. The highest BCUT2D eigenvalue weighted by molar-refractivity contribution is 9.10. The number of hydrogen-bond acceptors (Lipinski definition) is 2. The van der Waals surface area contributed by atoms with Gasteiger partial charge in [-0.15, -0.1) is 0 Å². The van der Waals surface area contributed by atoms with Crippen molar-refractivity contribution in [3.8, 4) is 0 Å². The molecule has 0 amide bonds. The van der Waals surface area contributed by atoms with Crippen LogP contribution in [0.5, 0.6) is 0 Å². The fraction of sp³-hybridized carbons (Fsp3) is 0.480. The van der Waals surface area contributed by atoms with E-state index in [1.807, 2.05) is 24.3 Å². The van der Waals surface area contributed by atoms with Crippen molar-refractivity contribution in [2.75, 3.05) is 13.1 Å². The number of alkyl halides is 3. The molecule has 0 aliphatic carbocycles. The van der Waals surface area contributed by atoms with Crippen LogP contribution in [0.15, 0.2) is 46.9 Å². The van der Waals surface area contributed by atoms with Gasteiger partial charge in [0.15, 0.2) is 0 Å². The van der Waals surface area contributed by atoms with Gasteiger partial charge in [0.2, 0.25) is 0 Å². The molecule has 32 heavy (non-hydrogen) atoms. The third kappa shape index (κ3) is 4.46. The van der Waals surface area contributed by atoms with Crippen LogP contribution in [0.4, 0.5) is 13.2 Å². The molecule has 2 fully saturated rings. The summed E-state index contributed by atoms with van der Waals surface area (Å²) in [4.78, 5) is 7.34. The summed E-state index contributed by atoms with van der Waals surface area (Å²) >= 11 is 3.47. The lowest BCUT2D eigenvalue weighted by atomic mass is 9.83. The van der Waals surface area contributed by atoms with Gasteiger partial charge in [-0.3, -0.25) is 0 Å². The molecule has 0 bridgehead atoms. The molecule has 2 aliphatic rings. The molecule has 170 valence electrons. The Morgan fingerprint density at radius 3 is 2.53 bits per heavy atom. The number of aromatic nitrogens is 2. The minimum absolute atomic E-state index is 0.434. The van der Waals surface area contributed by atoms with E-state index in [1.165, 1.54) is 57.3 Å². The summed E-state index contributed by atoms with van der Waals surface area (Å²) in [7, 11) is 0. The van der Waals surface area contributed by atoms with Gasteiger partial charge in [0.25, 0.3) is 0 Å². The fourth-order valence-electron chi connectivity index (χ4n) is 5.50. The molecular weight excluding hydrogens is 479 g/mol. The first kappa shape index (κ1) is 22.0. The zero-order valence-electron chi connectivity index (χ0n) is 17.9. The molecule has 0 spiro atoms. The first-order valence-corrected chi connectivity index (χ1v) is 12.2. The van der Waals surface area contributed by atoms with Gasteiger partial charge in [0, 0.05) is 23.5 Å². The van der Waals surface area contributed by atoms with E-state index >= 15 is 0 Å². The first-order chi connectivity index (χ1) is 15.4. The van der Waals surface area contributed by atoms with Crippen LogP contribution >= 0.6 is 15.9 Å². The van der Waals surface area contributed by atoms with Gasteiger partial charge in [0.1, 0.15) is 5.82 Å². The Hall–Kier alpha value is -1.86. The first-order valence-electron chi connectivity index (χ1n) is 11.4. The molecule has 2 atom stereocenters. The summed E-state index contributed by atoms with van der Waals surface area (Å²) in [6, 6.07) is 12.6. The number of hydrogen-bond donors (Lipinski definition) is 0. The van der Waals surface area contributed by atoms with E-state index in [0.717, 1.165) is 27.9 Å². The van der Waals surface area contributed by atoms with Crippen molar-refractivity contribution in [1.29, 1.82) is 0 Å². The summed E-state index contributed by atoms with van der Waals surface area (Å²) in [6.07, 6.45) is 2.35. The Morgan fingerprint density at radius 1 is 0.969 bits per heavy atom. The third-order valence-corrected chi connectivity index (χ3v) is 7.60. The van der Waals surface area contributed by atoms with E-state index in [0.29, 0.717) is 23.9 Å². The normalized spacial score (nSPS) is 22.2. The minimum atomic E-state index is -4.37. The molecule has 0 unspecified atom stereocenters. The number of nitrogens with zero attached hydrogens (tertiary/aromatic N) is 3. The number of imidazole rings is 1. The largest absolute Gasteiger partial charge is 0.416 e. The fourth-order valence-corrected chi connectivity index (χ4v) is 5.77. The molecular formula is C25H27BrF3N3. The minimum Gasteiger partial charge on any atom is -0.327 e. The Morgan fingerprint density at radius 2 is 1.75 bits per heavy atom. The Kier molecular flexibility index (Phi) is 6.05. The molecule has 3 nitrogen and oxygen atoms in total. The van der Waals surface area contributed by atoms with Gasteiger partial charge in [-0.25, -0.2) is 4.98 Å². The van der Waals surface area contributed by atoms with Crippen molar-refractivity contribution in [1.82, 2.24) is 14.5 Å². The van der Waals surface area contributed by atoms with Crippen LogP contribution in [0.2, 0.25) is 0 Å². The summed E-state index contributed by atoms with van der Waals surface area (Å²) in [5, 5.41) is 0. The van der Waals surface area contributed by atoms with Crippen molar-refractivity contribution in [3.05, 3.63) is 63.9 Å². The van der Waals surface area contributed by atoms with Crippen LogP contribution in [0, 0.1) is 5.92 Å². The molecule has 1 aromatic heterocycles. The topological polar surface area (TPSA) is 21.1 Å². The zero-order chi connectivity index (χ0) is 22.3. The highest BCUT2D eigenvalue weighted by Crippen LogP contribution is 2.35. The standard InChI is InChI=1S/C25H27BrF3N3/c26-20-9-6-17(7-10-20)14-24-30-21-15-19(25(27,28)29)8-11-23(21)32(24)16-18-4-3-13-31-12-2-1-5-22(18)31/h6-11,15,18,22H,1-5,12-14,16H2/t18-,22+/m0/s1. The lowest BCUT2D eigenvalue weighted by molar-refractivity contribution is -0.137. The molecule has 2 saturated heterocycles. The molecule has 2 aliphatic heterocycles. The average Bonchev–Trinajstić information content (AvgIpc) is 3.11. The monoisotopic (exact) mass is 505 g/mol. The van der Waals surface area contributed by atoms with E-state index < -0.39 is 11.7 Å². The lowest BCUT2D eigenvalue weighted by Gasteiger charge is -2.44. The van der Waals surface area contributed by atoms with E-state index in [9.17, 15) is 13.2 Å². The third-order valence-electron chi connectivity index (χ3n) is 7.08. The van der Waals surface area contributed by atoms with E-state index in [4.69, 9.17) is 4.98 Å². The number of halogens is 4. The molecule has 0 saturated carbocycles. The van der Waals surface area contributed by atoms with E-state index in [2.05, 4.69) is 25.4 Å². The van der Waals surface area contributed by atoms with Gasteiger partial charge in [0.05, 0.1) is 16.6 Å². The number of fused-ring (bicyclic) bond motifs is 2. The maximum absolute atomic E-state index is 13.3. The maximum atomic E-state index is 13.3. The molecule has 0 radical (unpaired) electrons. The number of rotatable bonds is 4. The molecule has 2 aromatic carbocycles. The average molecular weight is 506 g/mol. The lowest BCUT2D eigenvalue weighted by Crippen LogP contribution is -2.49. The zero-order valence-corrected chi connectivity index (χ0v) is 19.5. The van der Waals surface area contributed by atoms with Gasteiger partial charge < -0.3 is 9.47 Å². The molecule has 0 N–H and O–H groups in total. The van der Waals surface area contributed by atoms with Crippen LogP contribution in [0.1, 0.15) is 49.1 Å². The molecule has 7 heteroatoms. The van der Waals surface area contributed by atoms with Gasteiger partial charge in [-0.1, -0.05) is 34.5 Å². The van der Waals surface area contributed by atoms with Crippen molar-refractivity contribution in [2.24, 2.45) is 5.92 Å². The van der Waals surface area contributed by atoms with Crippen molar-refractivity contribution >= 4 is 27.0 Å². The van der Waals surface area contributed by atoms with E-state index in [1.54, 1.807) is 6.07 Å². The number of benzene rings is 2. The Labute approximate surface area is 194 Å². The Balaban J connectivity index is 1.52. The SMILES string of the molecule is FC(F)(F)c1ccc2c(c1)nc(Cc1ccc(Br)cc1)n2C[C@@H]1CCCN2CCCC[C@H]12. The highest BCUT2D eigenvalue weighted by atomic mass is 79.9. The smallest absolute Gasteiger partial charge is 0.327 e. The number of piperidine rings is 2. The molecule has 3 heterocycles. The van der Waals surface area contributed by atoms with Crippen molar-refractivity contribution < 1.29 is 13.2 Å². The van der Waals surface area contributed by atoms with Gasteiger partial charge in [-0.05, 0) is 80.6 Å². The van der Waals surface area contributed by atoms with Crippen molar-refractivity contribution in [3.63, 3.8) is 0 Å². The van der Waals surface area contributed by atoms with Gasteiger partial charge in [-0.2, -0.15) is 13.2 Å². The van der Waals surface area contributed by atoms with Crippen LogP contribution in [-0.4, -0.2) is 33.6 Å². The predicted molar refractivity (Wildman–Crippen MR) is 124 cm³/mol. The maximum Gasteiger partial charge on any atom is 0.416 e. The quantitative estimate of drug-likeness (QED) is 0.394. The molecule has 3 aromatic rings. The second kappa shape index (κ2) is 8.82. The summed E-state index contributed by atoms with van der Waals surface area (Å²) in [6.45, 7) is 3.16. The molecule has 5 rings (SSSR count). The summed E-state index contributed by atoms with van der Waals surface area (Å²) in [5.74, 6) is 1.35. The van der Waals surface area contributed by atoms with Gasteiger partial charge >= 0.3 is 6.18 Å². The van der Waals surface area contributed by atoms with Crippen LogP contribution in [-0.2, 0) is 19.1 Å². The Bertz CT molecular complexity index is 1090. The summed E-state index contributed by atoms with van der Waals surface area (Å²) in [5.41, 5.74) is 1.70. The highest BCUT2D eigenvalue weighted by Gasteiger charge is 2.34.